The van der Waals surface area contributed by atoms with Crippen molar-refractivity contribution in [3.05, 3.63) is 29.8 Å². The van der Waals surface area contributed by atoms with Gasteiger partial charge in [0.1, 0.15) is 13.3 Å². The van der Waals surface area contributed by atoms with Gasteiger partial charge >= 0.3 is 0 Å². The van der Waals surface area contributed by atoms with Crippen LogP contribution in [0.15, 0.2) is 29.3 Å². The lowest BCUT2D eigenvalue weighted by Gasteiger charge is -2.34. The molecule has 0 fully saturated rings. The fraction of sp³-hybridized carbons (Fsp3) is 0.300. The van der Waals surface area contributed by atoms with Crippen molar-refractivity contribution < 1.29 is 0 Å². The molecular formula is C10H13ClN5. The molecule has 0 aromatic heterocycles. The Morgan fingerprint density at radius 1 is 1.56 bits per heavy atom. The van der Waals surface area contributed by atoms with Gasteiger partial charge in [0.2, 0.25) is 0 Å². The van der Waals surface area contributed by atoms with Crippen molar-refractivity contribution in [3.63, 3.8) is 0 Å². The van der Waals surface area contributed by atoms with E-state index in [-0.39, 0.29) is 0 Å². The third-order valence-electron chi connectivity index (χ3n) is 2.22. The third-order valence-corrected chi connectivity index (χ3v) is 2.44. The number of nitrogens with two attached hydrogens (primary N) is 1. The number of benzene rings is 1. The first-order valence-corrected chi connectivity index (χ1v) is 5.22. The molecule has 1 aliphatic heterocycles. The minimum atomic E-state index is 0.430. The van der Waals surface area contributed by atoms with Gasteiger partial charge in [-0.15, -0.1) is 0 Å². The molecule has 16 heavy (non-hydrogen) atoms. The SMILES string of the molecule is Cc1cccc(N(N)N2[C]=NCN(Cl)C2)c1. The van der Waals surface area contributed by atoms with Gasteiger partial charge in [0.05, 0.1) is 5.69 Å². The number of aryl methyl sites for hydroxylation is 1. The molecule has 0 bridgehead atoms. The Bertz CT molecular complexity index is 395. The third kappa shape index (κ3) is 2.44. The van der Waals surface area contributed by atoms with Crippen LogP contribution in [0, 0.1) is 6.92 Å². The molecule has 0 saturated carbocycles. The minimum Gasteiger partial charge on any atom is -0.246 e. The number of anilines is 1. The first kappa shape index (κ1) is 11.2. The van der Waals surface area contributed by atoms with Crippen molar-refractivity contribution >= 4 is 23.8 Å². The van der Waals surface area contributed by atoms with Crippen molar-refractivity contribution in [2.45, 2.75) is 6.92 Å². The molecule has 0 unspecified atom stereocenters. The Morgan fingerprint density at radius 3 is 3.06 bits per heavy atom. The summed E-state index contributed by atoms with van der Waals surface area (Å²) in [5.74, 6) is 5.95. The van der Waals surface area contributed by atoms with E-state index < -0.39 is 0 Å². The molecule has 1 aromatic carbocycles. The molecule has 1 radical (unpaired) electrons. The summed E-state index contributed by atoms with van der Waals surface area (Å²) in [5.41, 5.74) is 2.01. The van der Waals surface area contributed by atoms with Gasteiger partial charge in [0.25, 0.3) is 0 Å². The fourth-order valence-electron chi connectivity index (χ4n) is 1.44. The molecule has 2 rings (SSSR count). The first-order chi connectivity index (χ1) is 7.66. The molecule has 0 spiro atoms. The van der Waals surface area contributed by atoms with Crippen LogP contribution in [0.3, 0.4) is 0 Å². The van der Waals surface area contributed by atoms with Crippen LogP contribution >= 0.6 is 11.8 Å². The summed E-state index contributed by atoms with van der Waals surface area (Å²) in [7, 11) is 0. The van der Waals surface area contributed by atoms with Gasteiger partial charge in [-0.3, -0.25) is 0 Å². The molecule has 2 N–H and O–H groups in total. The van der Waals surface area contributed by atoms with E-state index in [9.17, 15) is 0 Å². The number of hydrogen-bond donors (Lipinski definition) is 1. The van der Waals surface area contributed by atoms with Crippen LogP contribution in [-0.2, 0) is 0 Å². The van der Waals surface area contributed by atoms with Crippen molar-refractivity contribution in [2.75, 3.05) is 18.5 Å². The molecule has 85 valence electrons. The molecule has 1 aliphatic rings. The maximum absolute atomic E-state index is 5.95. The second-order valence-corrected chi connectivity index (χ2v) is 4.06. The van der Waals surface area contributed by atoms with Crippen LogP contribution in [0.4, 0.5) is 5.69 Å². The molecule has 5 nitrogen and oxygen atoms in total. The predicted octanol–water partition coefficient (Wildman–Crippen LogP) is 1.18. The molecule has 1 aromatic rings. The quantitative estimate of drug-likeness (QED) is 0.478. The molecule has 6 heteroatoms. The summed E-state index contributed by atoms with van der Waals surface area (Å²) < 4.78 is 1.52. The maximum atomic E-state index is 5.95. The summed E-state index contributed by atoms with van der Waals surface area (Å²) in [6.45, 7) is 2.90. The second kappa shape index (κ2) is 4.69. The minimum absolute atomic E-state index is 0.430. The van der Waals surface area contributed by atoms with Crippen molar-refractivity contribution in [1.82, 2.24) is 9.43 Å². The van der Waals surface area contributed by atoms with Crippen LogP contribution < -0.4 is 11.0 Å². The Morgan fingerprint density at radius 2 is 2.38 bits per heavy atom. The molecule has 1 heterocycles. The summed E-state index contributed by atoms with van der Waals surface area (Å²) >= 11 is 5.85. The number of nitrogens with zero attached hydrogens (tertiary/aromatic N) is 4. The topological polar surface area (TPSA) is 48.1 Å². The zero-order chi connectivity index (χ0) is 11.5. The molecule has 0 aliphatic carbocycles. The van der Waals surface area contributed by atoms with Gasteiger partial charge in [-0.1, -0.05) is 12.1 Å². The monoisotopic (exact) mass is 238 g/mol. The first-order valence-electron chi connectivity index (χ1n) is 4.88. The molecule has 0 atom stereocenters. The van der Waals surface area contributed by atoms with Crippen molar-refractivity contribution in [1.29, 1.82) is 0 Å². The standard InChI is InChI=1S/C10H13ClN5/c1-9-3-2-4-10(5-9)16(12)15-7-13-6-14(11)8-15/h2-5H,6,8,12H2,1H3. The highest BCUT2D eigenvalue weighted by Crippen LogP contribution is 2.15. The molecular weight excluding hydrogens is 226 g/mol. The lowest BCUT2D eigenvalue weighted by atomic mass is 10.2. The zero-order valence-corrected chi connectivity index (χ0v) is 9.72. The highest BCUT2D eigenvalue weighted by Gasteiger charge is 2.17. The number of hydrogen-bond acceptors (Lipinski definition) is 5. The van der Waals surface area contributed by atoms with E-state index in [0.29, 0.717) is 13.3 Å². The molecule has 0 saturated heterocycles. The van der Waals surface area contributed by atoms with E-state index in [0.717, 1.165) is 11.3 Å². The van der Waals surface area contributed by atoms with Crippen LogP contribution in [0.2, 0.25) is 0 Å². The highest BCUT2D eigenvalue weighted by atomic mass is 35.5. The predicted molar refractivity (Wildman–Crippen MR) is 64.5 cm³/mol. The van der Waals surface area contributed by atoms with Crippen LogP contribution in [-0.4, -0.2) is 29.1 Å². The highest BCUT2D eigenvalue weighted by molar-refractivity contribution is 6.13. The lowest BCUT2D eigenvalue weighted by Crippen LogP contribution is -2.52. The summed E-state index contributed by atoms with van der Waals surface area (Å²) in [4.78, 5) is 3.96. The van der Waals surface area contributed by atoms with Gasteiger partial charge in [-0.25, -0.2) is 21.0 Å². The Balaban J connectivity index is 2.15. The average molecular weight is 239 g/mol. The Labute approximate surface area is 99.8 Å². The lowest BCUT2D eigenvalue weighted by molar-refractivity contribution is 0.262. The summed E-state index contributed by atoms with van der Waals surface area (Å²) in [6, 6.07) is 7.86. The van der Waals surface area contributed by atoms with Crippen LogP contribution in [0.25, 0.3) is 0 Å². The fourth-order valence-corrected chi connectivity index (χ4v) is 1.59. The van der Waals surface area contributed by atoms with E-state index in [1.807, 2.05) is 31.2 Å². The van der Waals surface area contributed by atoms with Crippen molar-refractivity contribution in [3.8, 4) is 0 Å². The van der Waals surface area contributed by atoms with Gasteiger partial charge < -0.3 is 0 Å². The van der Waals surface area contributed by atoms with Gasteiger partial charge in [0, 0.05) is 0 Å². The second-order valence-electron chi connectivity index (χ2n) is 3.59. The van der Waals surface area contributed by atoms with Crippen LogP contribution in [0.5, 0.6) is 0 Å². The number of aliphatic imine (C=N–C) groups is 1. The van der Waals surface area contributed by atoms with E-state index in [1.165, 1.54) is 9.54 Å². The largest absolute Gasteiger partial charge is 0.246 e. The van der Waals surface area contributed by atoms with Crippen molar-refractivity contribution in [2.24, 2.45) is 10.8 Å². The Kier molecular flexibility index (Phi) is 3.28. The van der Waals surface area contributed by atoms with E-state index in [2.05, 4.69) is 11.3 Å². The average Bonchev–Trinajstić information content (AvgIpc) is 2.28. The van der Waals surface area contributed by atoms with E-state index in [1.54, 1.807) is 5.01 Å². The maximum Gasteiger partial charge on any atom is 0.191 e. The normalized spacial score (nSPS) is 16.6. The van der Waals surface area contributed by atoms with Crippen LogP contribution in [0.1, 0.15) is 5.56 Å². The summed E-state index contributed by atoms with van der Waals surface area (Å²) in [6.07, 6.45) is 2.80. The van der Waals surface area contributed by atoms with Gasteiger partial charge in [-0.05, 0) is 36.4 Å². The number of hydrazine groups is 2. The van der Waals surface area contributed by atoms with E-state index in [4.69, 9.17) is 17.6 Å². The molecule has 0 amide bonds. The summed E-state index contributed by atoms with van der Waals surface area (Å²) in [5, 5.41) is 3.09. The number of rotatable bonds is 2. The van der Waals surface area contributed by atoms with E-state index >= 15 is 0 Å². The van der Waals surface area contributed by atoms with Gasteiger partial charge in [-0.2, -0.15) is 4.42 Å². The number of halogens is 1. The zero-order valence-electron chi connectivity index (χ0n) is 8.97. The Hall–Kier alpha value is -1.30. The smallest absolute Gasteiger partial charge is 0.191 e. The van der Waals surface area contributed by atoms with Gasteiger partial charge in [0.15, 0.2) is 6.34 Å².